The molecule has 0 saturated heterocycles. The van der Waals surface area contributed by atoms with E-state index in [0.717, 1.165) is 5.56 Å². The van der Waals surface area contributed by atoms with Gasteiger partial charge in [-0.15, -0.1) is 0 Å². The van der Waals surface area contributed by atoms with Crippen LogP contribution in [0, 0.1) is 0 Å². The molecule has 1 unspecified atom stereocenters. The Morgan fingerprint density at radius 1 is 1.39 bits per heavy atom. The van der Waals surface area contributed by atoms with Gasteiger partial charge in [0.2, 0.25) is 0 Å². The third-order valence-corrected chi connectivity index (χ3v) is 2.24. The van der Waals surface area contributed by atoms with E-state index >= 15 is 0 Å². The summed E-state index contributed by atoms with van der Waals surface area (Å²) >= 11 is 0. The molecule has 1 aromatic carbocycles. The number of esters is 1. The third-order valence-electron chi connectivity index (χ3n) is 2.24. The van der Waals surface area contributed by atoms with E-state index < -0.39 is 5.97 Å². The van der Waals surface area contributed by atoms with Crippen molar-refractivity contribution in [1.82, 2.24) is 0 Å². The molecule has 98 valence electrons. The lowest BCUT2D eigenvalue weighted by Gasteiger charge is -2.10. The van der Waals surface area contributed by atoms with Gasteiger partial charge in [-0.25, -0.2) is 4.79 Å². The fraction of sp³-hybridized carbons (Fsp3) is 0.357. The van der Waals surface area contributed by atoms with Gasteiger partial charge in [-0.2, -0.15) is 0 Å². The molecule has 0 spiro atoms. The van der Waals surface area contributed by atoms with Gasteiger partial charge in [-0.3, -0.25) is 0 Å². The molecule has 0 fully saturated rings. The Morgan fingerprint density at radius 2 is 2.06 bits per heavy atom. The Morgan fingerprint density at radius 3 is 2.61 bits per heavy atom. The molecule has 18 heavy (non-hydrogen) atoms. The molecule has 0 aromatic heterocycles. The molecule has 1 atom stereocenters. The molecule has 0 aliphatic heterocycles. The van der Waals surface area contributed by atoms with Crippen LogP contribution in [0.15, 0.2) is 36.4 Å². The van der Waals surface area contributed by atoms with E-state index in [9.17, 15) is 4.79 Å². The lowest BCUT2D eigenvalue weighted by Crippen LogP contribution is -2.19. The Labute approximate surface area is 107 Å². The molecule has 4 nitrogen and oxygen atoms in total. The van der Waals surface area contributed by atoms with Crippen molar-refractivity contribution in [1.29, 1.82) is 0 Å². The van der Waals surface area contributed by atoms with Crippen LogP contribution in [-0.2, 0) is 16.1 Å². The van der Waals surface area contributed by atoms with Gasteiger partial charge in [0.15, 0.2) is 6.61 Å². The van der Waals surface area contributed by atoms with Crippen LogP contribution >= 0.6 is 0 Å². The number of hydrogen-bond acceptors (Lipinski definition) is 4. The van der Waals surface area contributed by atoms with Gasteiger partial charge in [0.05, 0.1) is 6.61 Å². The van der Waals surface area contributed by atoms with Crippen molar-refractivity contribution in [3.8, 4) is 5.75 Å². The van der Waals surface area contributed by atoms with E-state index in [1.54, 1.807) is 37.3 Å². The highest BCUT2D eigenvalue weighted by Gasteiger charge is 2.07. The largest absolute Gasteiger partial charge is 0.482 e. The van der Waals surface area contributed by atoms with Crippen molar-refractivity contribution in [3.63, 3.8) is 0 Å². The van der Waals surface area contributed by atoms with Crippen LogP contribution in [0.25, 0.3) is 0 Å². The van der Waals surface area contributed by atoms with Crippen molar-refractivity contribution >= 4 is 5.97 Å². The molecule has 0 aliphatic rings. The lowest BCUT2D eigenvalue weighted by molar-refractivity contribution is -0.148. The number of ether oxygens (including phenoxy) is 2. The summed E-state index contributed by atoms with van der Waals surface area (Å²) in [5.41, 5.74) is 0.798. The summed E-state index contributed by atoms with van der Waals surface area (Å²) in [5, 5.41) is 8.87. The summed E-state index contributed by atoms with van der Waals surface area (Å²) in [4.78, 5) is 11.4. The van der Waals surface area contributed by atoms with E-state index in [0.29, 0.717) is 5.75 Å². The van der Waals surface area contributed by atoms with Gasteiger partial charge in [0, 0.05) is 0 Å². The number of carbonyl (C=O) groups excluding carboxylic acids is 1. The average Bonchev–Trinajstić information content (AvgIpc) is 2.37. The molecule has 0 radical (unpaired) electrons. The normalized spacial score (nSPS) is 12.4. The first-order chi connectivity index (χ1) is 8.65. The highest BCUT2D eigenvalue weighted by molar-refractivity contribution is 5.71. The van der Waals surface area contributed by atoms with E-state index in [-0.39, 0.29) is 19.3 Å². The molecular formula is C14H18O4. The predicted octanol–water partition coefficient (Wildman–Crippen LogP) is 2.07. The van der Waals surface area contributed by atoms with Crippen LogP contribution in [0.1, 0.15) is 19.4 Å². The quantitative estimate of drug-likeness (QED) is 0.620. The number of aliphatic hydroxyl groups is 1. The van der Waals surface area contributed by atoms with Crippen LogP contribution in [0.2, 0.25) is 0 Å². The van der Waals surface area contributed by atoms with E-state index in [4.69, 9.17) is 14.6 Å². The van der Waals surface area contributed by atoms with Crippen molar-refractivity contribution < 1.29 is 19.4 Å². The molecule has 1 N–H and O–H groups in total. The minimum atomic E-state index is -0.410. The average molecular weight is 250 g/mol. The fourth-order valence-electron chi connectivity index (χ4n) is 1.39. The first-order valence-electron chi connectivity index (χ1n) is 5.80. The number of carbonyl (C=O) groups is 1. The Kier molecular flexibility index (Phi) is 5.94. The fourth-order valence-corrected chi connectivity index (χ4v) is 1.39. The highest BCUT2D eigenvalue weighted by Crippen LogP contribution is 2.12. The first kappa shape index (κ1) is 14.3. The monoisotopic (exact) mass is 250 g/mol. The molecule has 0 heterocycles. The van der Waals surface area contributed by atoms with Gasteiger partial charge in [-0.05, 0) is 37.6 Å². The van der Waals surface area contributed by atoms with Gasteiger partial charge in [-0.1, -0.05) is 18.2 Å². The van der Waals surface area contributed by atoms with Crippen LogP contribution in [0.5, 0.6) is 5.75 Å². The smallest absolute Gasteiger partial charge is 0.344 e. The zero-order valence-electron chi connectivity index (χ0n) is 10.6. The maximum atomic E-state index is 11.4. The Balaban J connectivity index is 2.37. The Bertz CT molecular complexity index is 395. The number of rotatable bonds is 6. The first-order valence-corrected chi connectivity index (χ1v) is 5.80. The molecule has 0 aliphatic carbocycles. The molecule has 0 saturated carbocycles. The number of allylic oxidation sites excluding steroid dienone is 1. The summed E-state index contributed by atoms with van der Waals surface area (Å²) < 4.78 is 10.3. The Hall–Kier alpha value is -1.81. The standard InChI is InChI=1S/C14H18O4/c1-3-4-11(2)18-14(16)10-17-13-7-5-12(9-15)6-8-13/h3-8,11,15H,9-10H2,1-2H3. The third kappa shape index (κ3) is 5.01. The second-order valence-electron chi connectivity index (χ2n) is 3.81. The van der Waals surface area contributed by atoms with Crippen molar-refractivity contribution in [3.05, 3.63) is 42.0 Å². The maximum absolute atomic E-state index is 11.4. The van der Waals surface area contributed by atoms with E-state index in [1.807, 2.05) is 13.0 Å². The second kappa shape index (κ2) is 7.50. The minimum absolute atomic E-state index is 0.0107. The molecular weight excluding hydrogens is 232 g/mol. The second-order valence-corrected chi connectivity index (χ2v) is 3.81. The van der Waals surface area contributed by atoms with Gasteiger partial charge >= 0.3 is 5.97 Å². The van der Waals surface area contributed by atoms with E-state index in [2.05, 4.69) is 0 Å². The molecule has 0 amide bonds. The highest BCUT2D eigenvalue weighted by atomic mass is 16.6. The zero-order chi connectivity index (χ0) is 13.4. The number of benzene rings is 1. The maximum Gasteiger partial charge on any atom is 0.344 e. The summed E-state index contributed by atoms with van der Waals surface area (Å²) in [6.45, 7) is 3.51. The van der Waals surface area contributed by atoms with E-state index in [1.165, 1.54) is 0 Å². The van der Waals surface area contributed by atoms with Crippen LogP contribution in [0.3, 0.4) is 0 Å². The minimum Gasteiger partial charge on any atom is -0.482 e. The van der Waals surface area contributed by atoms with Crippen LogP contribution in [-0.4, -0.2) is 23.8 Å². The lowest BCUT2D eigenvalue weighted by atomic mass is 10.2. The molecule has 0 bridgehead atoms. The summed E-state index contributed by atoms with van der Waals surface area (Å²) in [5.74, 6) is 0.162. The van der Waals surface area contributed by atoms with Gasteiger partial charge < -0.3 is 14.6 Å². The number of aliphatic hydroxyl groups excluding tert-OH is 1. The summed E-state index contributed by atoms with van der Waals surface area (Å²) in [6.07, 6.45) is 3.36. The predicted molar refractivity (Wildman–Crippen MR) is 68.2 cm³/mol. The van der Waals surface area contributed by atoms with Crippen molar-refractivity contribution in [2.24, 2.45) is 0 Å². The van der Waals surface area contributed by atoms with Gasteiger partial charge in [0.25, 0.3) is 0 Å². The topological polar surface area (TPSA) is 55.8 Å². The van der Waals surface area contributed by atoms with Crippen LogP contribution in [0.4, 0.5) is 0 Å². The zero-order valence-corrected chi connectivity index (χ0v) is 10.6. The molecule has 1 rings (SSSR count). The summed E-state index contributed by atoms with van der Waals surface area (Å²) in [7, 11) is 0. The van der Waals surface area contributed by atoms with Crippen LogP contribution < -0.4 is 4.74 Å². The molecule has 4 heteroatoms. The summed E-state index contributed by atoms with van der Waals surface area (Å²) in [6, 6.07) is 6.88. The van der Waals surface area contributed by atoms with Gasteiger partial charge in [0.1, 0.15) is 11.9 Å². The number of hydrogen-bond donors (Lipinski definition) is 1. The molecule has 1 aromatic rings. The SMILES string of the molecule is CC=CC(C)OC(=O)COc1ccc(CO)cc1. The van der Waals surface area contributed by atoms with Crippen molar-refractivity contribution in [2.45, 2.75) is 26.6 Å². The van der Waals surface area contributed by atoms with Crippen molar-refractivity contribution in [2.75, 3.05) is 6.61 Å².